The normalized spacial score (nSPS) is 13.6. The van der Waals surface area contributed by atoms with Crippen LogP contribution in [0.15, 0.2) is 48.5 Å². The first kappa shape index (κ1) is 21.3. The average Bonchev–Trinajstić information content (AvgIpc) is 2.78. The van der Waals surface area contributed by atoms with Crippen LogP contribution in [0.3, 0.4) is 0 Å². The summed E-state index contributed by atoms with van der Waals surface area (Å²) in [6.45, 7) is 1.97. The van der Waals surface area contributed by atoms with Gasteiger partial charge >= 0.3 is 0 Å². The number of piperazine rings is 1. The van der Waals surface area contributed by atoms with Crippen LogP contribution in [0.4, 0.5) is 0 Å². The van der Waals surface area contributed by atoms with Crippen molar-refractivity contribution in [3.8, 4) is 23.0 Å². The number of aromatic hydroxyl groups is 1. The molecule has 8 heteroatoms. The summed E-state index contributed by atoms with van der Waals surface area (Å²) in [5.74, 6) is 1.45. The minimum Gasteiger partial charge on any atom is -0.504 e. The third-order valence-corrected chi connectivity index (χ3v) is 4.83. The van der Waals surface area contributed by atoms with E-state index in [9.17, 15) is 14.7 Å². The van der Waals surface area contributed by atoms with E-state index in [0.717, 1.165) is 0 Å². The van der Waals surface area contributed by atoms with Crippen molar-refractivity contribution >= 4 is 11.8 Å². The van der Waals surface area contributed by atoms with E-state index in [1.165, 1.54) is 6.07 Å². The van der Waals surface area contributed by atoms with Gasteiger partial charge in [0.25, 0.3) is 5.91 Å². The van der Waals surface area contributed by atoms with Crippen molar-refractivity contribution in [1.29, 1.82) is 0 Å². The van der Waals surface area contributed by atoms with Crippen LogP contribution in [0.1, 0.15) is 6.42 Å². The molecule has 1 N–H and O–H groups in total. The summed E-state index contributed by atoms with van der Waals surface area (Å²) in [6.07, 6.45) is 0.265. The second-order valence-corrected chi connectivity index (χ2v) is 6.80. The second kappa shape index (κ2) is 10.4. The Kier molecular flexibility index (Phi) is 7.37. The molecular weight excluding hydrogens is 388 g/mol. The Morgan fingerprint density at radius 2 is 1.57 bits per heavy atom. The summed E-state index contributed by atoms with van der Waals surface area (Å²) in [5, 5.41) is 9.69. The number of carbonyl (C=O) groups excluding carboxylic acids is 2. The molecule has 8 nitrogen and oxygen atoms in total. The van der Waals surface area contributed by atoms with Gasteiger partial charge in [-0.3, -0.25) is 9.59 Å². The van der Waals surface area contributed by atoms with Crippen molar-refractivity contribution in [3.05, 3.63) is 48.5 Å². The van der Waals surface area contributed by atoms with Crippen LogP contribution in [-0.4, -0.2) is 73.2 Å². The summed E-state index contributed by atoms with van der Waals surface area (Å²) in [5.41, 5.74) is 0. The van der Waals surface area contributed by atoms with E-state index in [2.05, 4.69) is 0 Å². The van der Waals surface area contributed by atoms with Gasteiger partial charge in [0.05, 0.1) is 20.1 Å². The van der Waals surface area contributed by atoms with Crippen LogP contribution >= 0.6 is 0 Å². The Labute approximate surface area is 175 Å². The third-order valence-electron chi connectivity index (χ3n) is 4.83. The highest BCUT2D eigenvalue weighted by atomic mass is 16.5. The van der Waals surface area contributed by atoms with E-state index in [-0.39, 0.29) is 42.9 Å². The molecule has 1 fully saturated rings. The zero-order valence-corrected chi connectivity index (χ0v) is 17.0. The molecule has 160 valence electrons. The van der Waals surface area contributed by atoms with Crippen LogP contribution < -0.4 is 14.2 Å². The molecule has 2 amide bonds. The Balaban J connectivity index is 1.37. The number of amides is 2. The number of methoxy groups -OCH3 is 1. The van der Waals surface area contributed by atoms with Gasteiger partial charge in [-0.25, -0.2) is 0 Å². The number of phenols is 1. The van der Waals surface area contributed by atoms with Gasteiger partial charge in [-0.1, -0.05) is 18.2 Å². The topological polar surface area (TPSA) is 88.5 Å². The summed E-state index contributed by atoms with van der Waals surface area (Å²) < 4.78 is 16.2. The molecule has 0 aromatic heterocycles. The molecule has 2 aromatic carbocycles. The quantitative estimate of drug-likeness (QED) is 0.710. The lowest BCUT2D eigenvalue weighted by atomic mass is 10.2. The minimum absolute atomic E-state index is 0.00289. The van der Waals surface area contributed by atoms with E-state index >= 15 is 0 Å². The van der Waals surface area contributed by atoms with Gasteiger partial charge in [-0.2, -0.15) is 0 Å². The molecule has 1 aliphatic heterocycles. The van der Waals surface area contributed by atoms with E-state index < -0.39 is 0 Å². The van der Waals surface area contributed by atoms with E-state index in [0.29, 0.717) is 37.7 Å². The molecule has 2 aromatic rings. The molecule has 30 heavy (non-hydrogen) atoms. The molecule has 0 saturated carbocycles. The molecule has 0 atom stereocenters. The molecule has 3 rings (SSSR count). The van der Waals surface area contributed by atoms with Crippen LogP contribution in [-0.2, 0) is 9.59 Å². The third kappa shape index (κ3) is 5.79. The fourth-order valence-corrected chi connectivity index (χ4v) is 3.12. The number of nitrogens with zero attached hydrogens (tertiary/aromatic N) is 2. The Hall–Kier alpha value is -3.42. The van der Waals surface area contributed by atoms with Crippen molar-refractivity contribution < 1.29 is 28.9 Å². The highest BCUT2D eigenvalue weighted by molar-refractivity contribution is 5.79. The summed E-state index contributed by atoms with van der Waals surface area (Å²) >= 11 is 0. The van der Waals surface area contributed by atoms with E-state index in [4.69, 9.17) is 14.2 Å². The minimum atomic E-state index is -0.174. The lowest BCUT2D eigenvalue weighted by molar-refractivity contribution is -0.141. The van der Waals surface area contributed by atoms with Gasteiger partial charge in [-0.15, -0.1) is 0 Å². The molecule has 1 aliphatic rings. The monoisotopic (exact) mass is 414 g/mol. The predicted octanol–water partition coefficient (Wildman–Crippen LogP) is 1.92. The summed E-state index contributed by atoms with van der Waals surface area (Å²) in [7, 11) is 1.59. The molecule has 0 spiro atoms. The van der Waals surface area contributed by atoms with E-state index in [1.54, 1.807) is 41.2 Å². The van der Waals surface area contributed by atoms with Gasteiger partial charge < -0.3 is 29.1 Å². The standard InChI is InChI=1S/C22H26N2O6/c1-28-17-5-4-6-18(15-17)29-14-9-21(26)23-10-12-24(13-11-23)22(27)16-30-20-8-3-2-7-19(20)25/h2-8,15,25H,9-14,16H2,1H3. The Bertz CT molecular complexity index is 864. The highest BCUT2D eigenvalue weighted by Gasteiger charge is 2.24. The first-order valence-corrected chi connectivity index (χ1v) is 9.80. The highest BCUT2D eigenvalue weighted by Crippen LogP contribution is 2.24. The van der Waals surface area contributed by atoms with Crippen molar-refractivity contribution in [2.45, 2.75) is 6.42 Å². The Morgan fingerprint density at radius 3 is 2.27 bits per heavy atom. The predicted molar refractivity (Wildman–Crippen MR) is 110 cm³/mol. The van der Waals surface area contributed by atoms with Gasteiger partial charge in [0.1, 0.15) is 11.5 Å². The Morgan fingerprint density at radius 1 is 0.900 bits per heavy atom. The lowest BCUT2D eigenvalue weighted by Crippen LogP contribution is -2.51. The molecule has 1 heterocycles. The largest absolute Gasteiger partial charge is 0.504 e. The number of rotatable bonds is 8. The number of ether oxygens (including phenoxy) is 3. The van der Waals surface area contributed by atoms with Gasteiger partial charge in [0.2, 0.25) is 5.91 Å². The second-order valence-electron chi connectivity index (χ2n) is 6.80. The van der Waals surface area contributed by atoms with Crippen LogP contribution in [0.25, 0.3) is 0 Å². The number of benzene rings is 2. The lowest BCUT2D eigenvalue weighted by Gasteiger charge is -2.34. The van der Waals surface area contributed by atoms with Crippen molar-refractivity contribution in [2.24, 2.45) is 0 Å². The molecule has 0 bridgehead atoms. The number of phenolic OH excluding ortho intramolecular Hbond substituents is 1. The maximum atomic E-state index is 12.4. The number of hydrogen-bond donors (Lipinski definition) is 1. The average molecular weight is 414 g/mol. The van der Waals surface area contributed by atoms with Gasteiger partial charge in [0.15, 0.2) is 18.1 Å². The van der Waals surface area contributed by atoms with E-state index in [1.807, 2.05) is 18.2 Å². The number of para-hydroxylation sites is 2. The SMILES string of the molecule is COc1cccc(OCCC(=O)N2CCN(C(=O)COc3ccccc3O)CC2)c1. The summed E-state index contributed by atoms with van der Waals surface area (Å²) in [4.78, 5) is 28.1. The fraction of sp³-hybridized carbons (Fsp3) is 0.364. The van der Waals surface area contributed by atoms with Crippen molar-refractivity contribution in [2.75, 3.05) is 46.5 Å². The fourth-order valence-electron chi connectivity index (χ4n) is 3.12. The van der Waals surface area contributed by atoms with Crippen LogP contribution in [0.5, 0.6) is 23.0 Å². The molecule has 1 saturated heterocycles. The zero-order valence-electron chi connectivity index (χ0n) is 17.0. The first-order valence-electron chi connectivity index (χ1n) is 9.80. The maximum absolute atomic E-state index is 12.4. The van der Waals surface area contributed by atoms with Gasteiger partial charge in [-0.05, 0) is 24.3 Å². The van der Waals surface area contributed by atoms with Crippen molar-refractivity contribution in [3.63, 3.8) is 0 Å². The van der Waals surface area contributed by atoms with Crippen LogP contribution in [0.2, 0.25) is 0 Å². The molecular formula is C22H26N2O6. The van der Waals surface area contributed by atoms with Gasteiger partial charge in [0, 0.05) is 32.2 Å². The first-order chi connectivity index (χ1) is 14.6. The zero-order chi connectivity index (χ0) is 21.3. The summed E-state index contributed by atoms with van der Waals surface area (Å²) in [6, 6.07) is 13.8. The molecule has 0 aliphatic carbocycles. The number of hydrogen-bond acceptors (Lipinski definition) is 6. The smallest absolute Gasteiger partial charge is 0.260 e. The molecule has 0 radical (unpaired) electrons. The molecule has 0 unspecified atom stereocenters. The number of carbonyl (C=O) groups is 2. The van der Waals surface area contributed by atoms with Crippen LogP contribution in [0, 0.1) is 0 Å². The maximum Gasteiger partial charge on any atom is 0.260 e. The van der Waals surface area contributed by atoms with Crippen molar-refractivity contribution in [1.82, 2.24) is 9.80 Å².